The second-order valence-electron chi connectivity index (χ2n) is 9.03. The van der Waals surface area contributed by atoms with Crippen LogP contribution in [0, 0.1) is 13.8 Å². The molecule has 1 N–H and O–H groups in total. The summed E-state index contributed by atoms with van der Waals surface area (Å²) < 4.78 is 93.4. The molecular weight excluding hydrogens is 533 g/mol. The van der Waals surface area contributed by atoms with Crippen molar-refractivity contribution in [2.45, 2.75) is 38.4 Å². The molecule has 39 heavy (non-hydrogen) atoms. The minimum atomic E-state index is -6.26. The van der Waals surface area contributed by atoms with Gasteiger partial charge < -0.3 is 5.32 Å². The van der Waals surface area contributed by atoms with E-state index in [4.69, 9.17) is 0 Å². The van der Waals surface area contributed by atoms with Crippen molar-refractivity contribution in [1.29, 1.82) is 0 Å². The molecule has 0 saturated carbocycles. The van der Waals surface area contributed by atoms with E-state index in [1.54, 1.807) is 24.3 Å². The normalized spacial score (nSPS) is 14.0. The Morgan fingerprint density at radius 2 is 1.23 bits per heavy atom. The van der Waals surface area contributed by atoms with Gasteiger partial charge in [-0.15, -0.1) is 0 Å². The molecule has 5 nitrogen and oxygen atoms in total. The number of anilines is 1. The van der Waals surface area contributed by atoms with Crippen molar-refractivity contribution < 1.29 is 45.1 Å². The van der Waals surface area contributed by atoms with E-state index < -0.39 is 41.3 Å². The Balaban J connectivity index is 1.52. The van der Waals surface area contributed by atoms with Crippen molar-refractivity contribution in [3.05, 3.63) is 99.6 Å². The van der Waals surface area contributed by atoms with Crippen LogP contribution in [-0.4, -0.2) is 35.0 Å². The van der Waals surface area contributed by atoms with Crippen molar-refractivity contribution in [2.75, 3.05) is 5.32 Å². The lowest BCUT2D eigenvalue weighted by Gasteiger charge is -2.31. The van der Waals surface area contributed by atoms with Crippen molar-refractivity contribution in [1.82, 2.24) is 4.90 Å². The molecule has 3 aromatic carbocycles. The SMILES string of the molecule is Cc1cc(C(F)(C(F)(F)F)C(F)(F)F)cc(C)c1NC(=O)c1ccc(CN2C(=O)c3ccccc3C2=O)cc1. The number of alkyl halides is 7. The van der Waals surface area contributed by atoms with Crippen LogP contribution in [0.4, 0.5) is 36.4 Å². The van der Waals surface area contributed by atoms with E-state index in [1.807, 2.05) is 0 Å². The Morgan fingerprint density at radius 3 is 1.67 bits per heavy atom. The first-order valence-corrected chi connectivity index (χ1v) is 11.4. The lowest BCUT2D eigenvalue weighted by Crippen LogP contribution is -2.50. The molecule has 0 fully saturated rings. The number of nitrogens with one attached hydrogen (secondary N) is 1. The van der Waals surface area contributed by atoms with Gasteiger partial charge in [0.1, 0.15) is 0 Å². The van der Waals surface area contributed by atoms with E-state index in [9.17, 15) is 45.1 Å². The zero-order valence-corrected chi connectivity index (χ0v) is 20.3. The maximum absolute atomic E-state index is 14.5. The predicted octanol–water partition coefficient (Wildman–Crippen LogP) is 6.64. The van der Waals surface area contributed by atoms with Gasteiger partial charge in [0.2, 0.25) is 0 Å². The standard InChI is InChI=1S/C27H19F7N2O3/c1-14-11-18(25(28,26(29,30)31)27(32,33)34)12-15(2)21(14)35-22(37)17-9-7-16(8-10-17)13-36-23(38)19-5-3-4-6-20(19)24(36)39/h3-12H,13H2,1-2H3,(H,35,37). The molecule has 12 heteroatoms. The Labute approximate surface area is 217 Å². The van der Waals surface area contributed by atoms with E-state index in [-0.39, 0.29) is 40.0 Å². The molecule has 1 aliphatic heterocycles. The molecule has 0 aromatic heterocycles. The first-order chi connectivity index (χ1) is 18.1. The number of benzene rings is 3. The highest BCUT2D eigenvalue weighted by atomic mass is 19.4. The first kappa shape index (κ1) is 27.8. The number of fused-ring (bicyclic) bond motifs is 1. The first-order valence-electron chi connectivity index (χ1n) is 11.4. The molecule has 0 bridgehead atoms. The van der Waals surface area contributed by atoms with E-state index in [1.165, 1.54) is 24.3 Å². The van der Waals surface area contributed by atoms with Crippen LogP contribution in [-0.2, 0) is 12.2 Å². The van der Waals surface area contributed by atoms with Gasteiger partial charge in [0.05, 0.1) is 17.7 Å². The zero-order chi connectivity index (χ0) is 28.9. The fraction of sp³-hybridized carbons (Fsp3) is 0.222. The molecule has 1 aliphatic rings. The van der Waals surface area contributed by atoms with Crippen LogP contribution >= 0.6 is 0 Å². The number of carbonyl (C=O) groups excluding carboxylic acids is 3. The number of imide groups is 1. The van der Waals surface area contributed by atoms with E-state index >= 15 is 0 Å². The van der Waals surface area contributed by atoms with Gasteiger partial charge in [-0.05, 0) is 54.8 Å². The Kier molecular flexibility index (Phi) is 6.78. The number of rotatable bonds is 5. The topological polar surface area (TPSA) is 66.5 Å². The highest BCUT2D eigenvalue weighted by Crippen LogP contribution is 2.53. The average Bonchev–Trinajstić information content (AvgIpc) is 3.09. The lowest BCUT2D eigenvalue weighted by molar-refractivity contribution is -0.348. The predicted molar refractivity (Wildman–Crippen MR) is 126 cm³/mol. The van der Waals surface area contributed by atoms with Crippen LogP contribution in [0.25, 0.3) is 0 Å². The largest absolute Gasteiger partial charge is 0.435 e. The molecule has 1 heterocycles. The molecule has 0 unspecified atom stereocenters. The summed E-state index contributed by atoms with van der Waals surface area (Å²) in [5.41, 5.74) is -6.57. The molecular formula is C27H19F7N2O3. The Morgan fingerprint density at radius 1 is 0.769 bits per heavy atom. The van der Waals surface area contributed by atoms with Gasteiger partial charge in [0.25, 0.3) is 17.7 Å². The van der Waals surface area contributed by atoms with Crippen molar-refractivity contribution in [3.8, 4) is 0 Å². The summed E-state index contributed by atoms with van der Waals surface area (Å²) in [5.74, 6) is -1.65. The molecule has 0 aliphatic carbocycles. The second-order valence-corrected chi connectivity index (χ2v) is 9.03. The number of nitrogens with zero attached hydrogens (tertiary/aromatic N) is 1. The van der Waals surface area contributed by atoms with E-state index in [2.05, 4.69) is 5.32 Å². The summed E-state index contributed by atoms with van der Waals surface area (Å²) in [7, 11) is 0. The molecule has 4 rings (SSSR count). The molecule has 3 aromatic rings. The fourth-order valence-corrected chi connectivity index (χ4v) is 4.36. The molecule has 0 saturated heterocycles. The minimum absolute atomic E-state index is 0.0582. The Hall–Kier alpha value is -4.22. The molecule has 3 amide bonds. The van der Waals surface area contributed by atoms with Crippen LogP contribution in [0.2, 0.25) is 0 Å². The van der Waals surface area contributed by atoms with Gasteiger partial charge in [-0.3, -0.25) is 19.3 Å². The second kappa shape index (κ2) is 9.51. The summed E-state index contributed by atoms with van der Waals surface area (Å²) in [5, 5.41) is 2.43. The van der Waals surface area contributed by atoms with Crippen LogP contribution < -0.4 is 5.32 Å². The van der Waals surface area contributed by atoms with Crippen molar-refractivity contribution in [2.24, 2.45) is 0 Å². The quantitative estimate of drug-likeness (QED) is 0.285. The third kappa shape index (κ3) is 4.75. The number of aryl methyl sites for hydroxylation is 2. The summed E-state index contributed by atoms with van der Waals surface area (Å²) in [6.45, 7) is 2.23. The fourth-order valence-electron chi connectivity index (χ4n) is 4.36. The summed E-state index contributed by atoms with van der Waals surface area (Å²) in [4.78, 5) is 38.9. The smallest absolute Gasteiger partial charge is 0.322 e. The van der Waals surface area contributed by atoms with Crippen molar-refractivity contribution in [3.63, 3.8) is 0 Å². The van der Waals surface area contributed by atoms with Gasteiger partial charge in [-0.2, -0.15) is 26.3 Å². The molecule has 0 atom stereocenters. The number of carbonyl (C=O) groups is 3. The number of halogens is 7. The average molecular weight is 552 g/mol. The van der Waals surface area contributed by atoms with Crippen molar-refractivity contribution >= 4 is 23.4 Å². The van der Waals surface area contributed by atoms with Gasteiger partial charge in [0.15, 0.2) is 0 Å². The van der Waals surface area contributed by atoms with Gasteiger partial charge in [0, 0.05) is 16.8 Å². The van der Waals surface area contributed by atoms with Crippen LogP contribution in [0.5, 0.6) is 0 Å². The maximum Gasteiger partial charge on any atom is 0.435 e. The zero-order valence-electron chi connectivity index (χ0n) is 20.3. The third-order valence-electron chi connectivity index (χ3n) is 6.39. The van der Waals surface area contributed by atoms with E-state index in [0.29, 0.717) is 17.7 Å². The highest BCUT2D eigenvalue weighted by molar-refractivity contribution is 6.21. The highest BCUT2D eigenvalue weighted by Gasteiger charge is 2.73. The summed E-state index contributed by atoms with van der Waals surface area (Å²) >= 11 is 0. The summed E-state index contributed by atoms with van der Waals surface area (Å²) in [6, 6.07) is 12.9. The molecule has 0 spiro atoms. The van der Waals surface area contributed by atoms with Crippen LogP contribution in [0.3, 0.4) is 0 Å². The lowest BCUT2D eigenvalue weighted by atomic mass is 9.90. The molecule has 0 radical (unpaired) electrons. The Bertz CT molecular complexity index is 1410. The van der Waals surface area contributed by atoms with Crippen LogP contribution in [0.1, 0.15) is 53.3 Å². The van der Waals surface area contributed by atoms with E-state index in [0.717, 1.165) is 18.7 Å². The van der Waals surface area contributed by atoms with Gasteiger partial charge >= 0.3 is 18.0 Å². The number of hydrogen-bond donors (Lipinski definition) is 1. The summed E-state index contributed by atoms with van der Waals surface area (Å²) in [6.07, 6.45) is -12.5. The van der Waals surface area contributed by atoms with Gasteiger partial charge in [-0.1, -0.05) is 36.4 Å². The molecule has 204 valence electrons. The minimum Gasteiger partial charge on any atom is -0.322 e. The monoisotopic (exact) mass is 552 g/mol. The van der Waals surface area contributed by atoms with Crippen LogP contribution in [0.15, 0.2) is 60.7 Å². The number of hydrogen-bond acceptors (Lipinski definition) is 3. The maximum atomic E-state index is 14.5. The number of amides is 3. The van der Waals surface area contributed by atoms with Gasteiger partial charge in [-0.25, -0.2) is 4.39 Å². The third-order valence-corrected chi connectivity index (χ3v) is 6.39.